The van der Waals surface area contributed by atoms with Crippen molar-refractivity contribution in [1.82, 2.24) is 19.9 Å². The molecule has 2 N–H and O–H groups in total. The second kappa shape index (κ2) is 8.45. The third kappa shape index (κ3) is 3.71. The number of carbonyl (C=O) groups excluding carboxylic acids is 1. The molecule has 0 spiro atoms. The van der Waals surface area contributed by atoms with Gasteiger partial charge in [-0.1, -0.05) is 23.2 Å². The summed E-state index contributed by atoms with van der Waals surface area (Å²) in [5.74, 6) is -0.583. The zero-order chi connectivity index (χ0) is 19.0. The average molecular weight is 441 g/mol. The molecule has 10 heteroatoms. The highest BCUT2D eigenvalue weighted by Crippen LogP contribution is 2.29. The summed E-state index contributed by atoms with van der Waals surface area (Å²) in [6, 6.07) is 3.47. The Labute approximate surface area is 176 Å². The van der Waals surface area contributed by atoms with Crippen LogP contribution in [-0.2, 0) is 0 Å². The molecule has 1 aliphatic heterocycles. The van der Waals surface area contributed by atoms with E-state index < -0.39 is 5.91 Å². The van der Waals surface area contributed by atoms with Crippen LogP contribution in [0.2, 0.25) is 10.0 Å². The highest BCUT2D eigenvalue weighted by molar-refractivity contribution is 6.39. The number of aromatic nitrogens is 3. The number of nitrogens with zero attached hydrogens (tertiary/aromatic N) is 3. The third-order valence-electron chi connectivity index (χ3n) is 4.55. The summed E-state index contributed by atoms with van der Waals surface area (Å²) in [4.78, 5) is 33.9. The number of hydrogen-bond donors (Lipinski definition) is 2. The van der Waals surface area contributed by atoms with E-state index in [1.807, 2.05) is 4.57 Å². The van der Waals surface area contributed by atoms with Gasteiger partial charge in [-0.05, 0) is 25.1 Å². The number of hydrogen-bond acceptors (Lipinski definition) is 5. The zero-order valence-corrected chi connectivity index (χ0v) is 16.8. The molecule has 146 valence electrons. The van der Waals surface area contributed by atoms with Gasteiger partial charge in [-0.2, -0.15) is 0 Å². The Morgan fingerprint density at radius 2 is 2.04 bits per heavy atom. The molecular weight excluding hydrogens is 425 g/mol. The number of carbonyl (C=O) groups is 1. The fourth-order valence-electron chi connectivity index (χ4n) is 3.21. The van der Waals surface area contributed by atoms with Crippen molar-refractivity contribution in [3.8, 4) is 0 Å². The summed E-state index contributed by atoms with van der Waals surface area (Å²) in [6.07, 6.45) is 6.83. The van der Waals surface area contributed by atoms with Crippen LogP contribution in [0.1, 0.15) is 22.8 Å². The lowest BCUT2D eigenvalue weighted by molar-refractivity contribution is 0.102. The predicted molar refractivity (Wildman–Crippen MR) is 112 cm³/mol. The molecule has 1 atom stereocenters. The first-order chi connectivity index (χ1) is 13.1. The van der Waals surface area contributed by atoms with Crippen molar-refractivity contribution < 1.29 is 4.79 Å². The molecular formula is C18H16Cl3N5O2. The van der Waals surface area contributed by atoms with Crippen molar-refractivity contribution >= 4 is 58.2 Å². The van der Waals surface area contributed by atoms with Gasteiger partial charge in [-0.15, -0.1) is 12.4 Å². The van der Waals surface area contributed by atoms with Crippen LogP contribution in [0.4, 0.5) is 5.69 Å². The van der Waals surface area contributed by atoms with Gasteiger partial charge in [0.1, 0.15) is 11.2 Å². The maximum absolute atomic E-state index is 12.9. The Morgan fingerprint density at radius 1 is 1.29 bits per heavy atom. The topological polar surface area (TPSA) is 88.9 Å². The van der Waals surface area contributed by atoms with Crippen LogP contribution in [0.25, 0.3) is 11.0 Å². The molecule has 4 rings (SSSR count). The van der Waals surface area contributed by atoms with Gasteiger partial charge < -0.3 is 15.2 Å². The predicted octanol–water partition coefficient (Wildman–Crippen LogP) is 3.31. The van der Waals surface area contributed by atoms with E-state index in [4.69, 9.17) is 23.2 Å². The Kier molecular flexibility index (Phi) is 6.20. The smallest absolute Gasteiger partial charge is 0.261 e. The maximum atomic E-state index is 12.9. The van der Waals surface area contributed by atoms with E-state index in [-0.39, 0.29) is 45.2 Å². The number of anilines is 1. The van der Waals surface area contributed by atoms with E-state index in [1.54, 1.807) is 24.5 Å². The van der Waals surface area contributed by atoms with E-state index in [2.05, 4.69) is 20.6 Å². The van der Waals surface area contributed by atoms with Crippen LogP contribution < -0.4 is 16.1 Å². The van der Waals surface area contributed by atoms with Crippen LogP contribution >= 0.6 is 35.6 Å². The highest BCUT2D eigenvalue weighted by Gasteiger charge is 2.23. The monoisotopic (exact) mass is 439 g/mol. The van der Waals surface area contributed by atoms with Crippen molar-refractivity contribution in [2.45, 2.75) is 12.5 Å². The molecule has 1 amide bonds. The van der Waals surface area contributed by atoms with Gasteiger partial charge in [0, 0.05) is 37.4 Å². The van der Waals surface area contributed by atoms with Crippen LogP contribution in [0.5, 0.6) is 0 Å². The standard InChI is InChI=1S/C18H15Cl2N5O2.ClH/c19-13-7-22-8-14(20)15(13)24-18(27)12-9-25(10-3-5-21-6-10)17-11(16(12)26)2-1-4-23-17;/h1-2,4,7-10,21H,3,5-6H2,(H,22,24,27);1H. The van der Waals surface area contributed by atoms with E-state index in [0.717, 1.165) is 19.5 Å². The lowest BCUT2D eigenvalue weighted by atomic mass is 10.1. The van der Waals surface area contributed by atoms with Crippen molar-refractivity contribution in [1.29, 1.82) is 0 Å². The fraction of sp³-hybridized carbons (Fsp3) is 0.222. The highest BCUT2D eigenvalue weighted by atomic mass is 35.5. The molecule has 1 aliphatic rings. The number of pyridine rings is 3. The molecule has 0 aliphatic carbocycles. The number of fused-ring (bicyclic) bond motifs is 1. The van der Waals surface area contributed by atoms with Crippen molar-refractivity contribution in [3.05, 3.63) is 62.8 Å². The van der Waals surface area contributed by atoms with Crippen LogP contribution in [-0.4, -0.2) is 33.5 Å². The van der Waals surface area contributed by atoms with Gasteiger partial charge in [0.15, 0.2) is 0 Å². The third-order valence-corrected chi connectivity index (χ3v) is 5.13. The summed E-state index contributed by atoms with van der Waals surface area (Å²) < 4.78 is 1.89. The Hall–Kier alpha value is -2.19. The first-order valence-electron chi connectivity index (χ1n) is 8.37. The minimum Gasteiger partial charge on any atom is -0.327 e. The second-order valence-corrected chi connectivity index (χ2v) is 7.05. The Bertz CT molecular complexity index is 1080. The number of amides is 1. The first-order valence-corrected chi connectivity index (χ1v) is 9.13. The van der Waals surface area contributed by atoms with Crippen LogP contribution in [0.3, 0.4) is 0 Å². The van der Waals surface area contributed by atoms with Gasteiger partial charge in [-0.25, -0.2) is 4.98 Å². The normalized spacial score (nSPS) is 16.0. The quantitative estimate of drug-likeness (QED) is 0.652. The van der Waals surface area contributed by atoms with E-state index in [0.29, 0.717) is 11.0 Å². The number of rotatable bonds is 3. The van der Waals surface area contributed by atoms with E-state index in [1.165, 1.54) is 12.4 Å². The Balaban J connectivity index is 0.00000225. The molecule has 1 unspecified atom stereocenters. The van der Waals surface area contributed by atoms with Crippen molar-refractivity contribution in [2.24, 2.45) is 0 Å². The largest absolute Gasteiger partial charge is 0.327 e. The molecule has 3 aromatic heterocycles. The minimum absolute atomic E-state index is 0. The van der Waals surface area contributed by atoms with Gasteiger partial charge in [0.25, 0.3) is 5.91 Å². The summed E-state index contributed by atoms with van der Waals surface area (Å²) in [5, 5.41) is 6.69. The molecule has 1 saturated heterocycles. The van der Waals surface area contributed by atoms with Crippen molar-refractivity contribution in [3.63, 3.8) is 0 Å². The molecule has 3 aromatic rings. The molecule has 0 radical (unpaired) electrons. The summed E-state index contributed by atoms with van der Waals surface area (Å²) in [7, 11) is 0. The van der Waals surface area contributed by atoms with E-state index >= 15 is 0 Å². The number of halogens is 3. The molecule has 1 fully saturated rings. The summed E-state index contributed by atoms with van der Waals surface area (Å²) >= 11 is 12.1. The average Bonchev–Trinajstić information content (AvgIpc) is 3.20. The molecule has 7 nitrogen and oxygen atoms in total. The lowest BCUT2D eigenvalue weighted by Gasteiger charge is -2.18. The second-order valence-electron chi connectivity index (χ2n) is 6.23. The lowest BCUT2D eigenvalue weighted by Crippen LogP contribution is -2.26. The maximum Gasteiger partial charge on any atom is 0.261 e. The molecule has 0 bridgehead atoms. The Morgan fingerprint density at radius 3 is 2.71 bits per heavy atom. The summed E-state index contributed by atoms with van der Waals surface area (Å²) in [5.41, 5.74) is 0.399. The molecule has 0 saturated carbocycles. The zero-order valence-electron chi connectivity index (χ0n) is 14.5. The fourth-order valence-corrected chi connectivity index (χ4v) is 3.67. The van der Waals surface area contributed by atoms with Crippen LogP contribution in [0.15, 0.2) is 41.7 Å². The van der Waals surface area contributed by atoms with Gasteiger partial charge in [-0.3, -0.25) is 14.6 Å². The van der Waals surface area contributed by atoms with Crippen LogP contribution in [0, 0.1) is 0 Å². The SMILES string of the molecule is Cl.O=C(Nc1c(Cl)cncc1Cl)c1cn(C2CCNC2)c2ncccc2c1=O. The first kappa shape index (κ1) is 20.5. The number of nitrogens with one attached hydrogen (secondary N) is 2. The van der Waals surface area contributed by atoms with Gasteiger partial charge >= 0.3 is 0 Å². The summed E-state index contributed by atoms with van der Waals surface area (Å²) in [6.45, 7) is 1.62. The van der Waals surface area contributed by atoms with Gasteiger partial charge in [0.05, 0.1) is 21.1 Å². The molecule has 28 heavy (non-hydrogen) atoms. The molecule has 4 heterocycles. The van der Waals surface area contributed by atoms with Gasteiger partial charge in [0.2, 0.25) is 5.43 Å². The molecule has 0 aromatic carbocycles. The minimum atomic E-state index is -0.583. The van der Waals surface area contributed by atoms with E-state index in [9.17, 15) is 9.59 Å². The van der Waals surface area contributed by atoms with Crippen molar-refractivity contribution in [2.75, 3.05) is 18.4 Å².